The number of aromatic nitrogens is 1. The van der Waals surface area contributed by atoms with E-state index in [1.54, 1.807) is 0 Å². The van der Waals surface area contributed by atoms with Crippen LogP contribution in [0.25, 0.3) is 10.9 Å². The molecule has 0 aliphatic heterocycles. The van der Waals surface area contributed by atoms with Crippen molar-refractivity contribution in [3.8, 4) is 0 Å². The van der Waals surface area contributed by atoms with Gasteiger partial charge < -0.3 is 4.57 Å². The van der Waals surface area contributed by atoms with Gasteiger partial charge in [-0.05, 0) is 25.8 Å². The average molecular weight is 347 g/mol. The fourth-order valence-electron chi connectivity index (χ4n) is 3.51. The van der Waals surface area contributed by atoms with Crippen LogP contribution in [0.1, 0.15) is 54.2 Å². The number of rotatable bonds is 8. The predicted octanol–water partition coefficient (Wildman–Crippen LogP) is 5.33. The Labute approximate surface area is 154 Å². The summed E-state index contributed by atoms with van der Waals surface area (Å²) >= 11 is 0. The molecule has 26 heavy (non-hydrogen) atoms. The van der Waals surface area contributed by atoms with Crippen LogP contribution in [0.2, 0.25) is 0 Å². The normalized spacial score (nSPS) is 11.0. The number of unbranched alkanes of at least 4 members (excludes halogenated alkanes) is 1. The molecule has 0 bridgehead atoms. The van der Waals surface area contributed by atoms with Gasteiger partial charge in [-0.3, -0.25) is 9.59 Å². The smallest absolute Gasteiger partial charge is 0.195 e. The van der Waals surface area contributed by atoms with E-state index in [0.29, 0.717) is 24.2 Å². The summed E-state index contributed by atoms with van der Waals surface area (Å²) < 4.78 is 2.22. The maximum atomic E-state index is 13.1. The Morgan fingerprint density at radius 1 is 0.923 bits per heavy atom. The number of ketones is 2. The number of fused-ring (bicyclic) bond motifs is 1. The predicted molar refractivity (Wildman–Crippen MR) is 106 cm³/mol. The largest absolute Gasteiger partial charge is 0.344 e. The first-order valence-electron chi connectivity index (χ1n) is 9.32. The molecular weight excluding hydrogens is 322 g/mol. The zero-order valence-electron chi connectivity index (χ0n) is 15.5. The highest BCUT2D eigenvalue weighted by Crippen LogP contribution is 2.28. The molecule has 1 aromatic heterocycles. The van der Waals surface area contributed by atoms with Gasteiger partial charge in [0, 0.05) is 41.5 Å². The van der Waals surface area contributed by atoms with Crippen molar-refractivity contribution in [2.45, 2.75) is 46.1 Å². The lowest BCUT2D eigenvalue weighted by Gasteiger charge is -2.08. The second-order valence-corrected chi connectivity index (χ2v) is 6.67. The zero-order chi connectivity index (χ0) is 18.5. The number of hydrogen-bond donors (Lipinski definition) is 0. The van der Waals surface area contributed by atoms with Crippen LogP contribution < -0.4 is 0 Å². The molecule has 0 N–H and O–H groups in total. The third-order valence-corrected chi connectivity index (χ3v) is 4.98. The summed E-state index contributed by atoms with van der Waals surface area (Å²) in [6.45, 7) is 4.76. The maximum Gasteiger partial charge on any atom is 0.195 e. The average Bonchev–Trinajstić information content (AvgIpc) is 2.96. The lowest BCUT2D eigenvalue weighted by molar-refractivity contribution is -0.118. The van der Waals surface area contributed by atoms with Crippen LogP contribution in [-0.2, 0) is 11.3 Å². The third-order valence-electron chi connectivity index (χ3n) is 4.98. The highest BCUT2D eigenvalue weighted by atomic mass is 16.1. The molecular formula is C23H25NO2. The number of nitrogens with zero attached hydrogens (tertiary/aromatic N) is 1. The van der Waals surface area contributed by atoms with Crippen LogP contribution in [0.15, 0.2) is 54.6 Å². The van der Waals surface area contributed by atoms with Crippen LogP contribution in [0.4, 0.5) is 0 Å². The molecule has 3 nitrogen and oxygen atoms in total. The first kappa shape index (κ1) is 18.1. The minimum atomic E-state index is 0.0687. The summed E-state index contributed by atoms with van der Waals surface area (Å²) in [6, 6.07) is 17.5. The highest BCUT2D eigenvalue weighted by Gasteiger charge is 2.20. The van der Waals surface area contributed by atoms with Gasteiger partial charge >= 0.3 is 0 Å². The van der Waals surface area contributed by atoms with Crippen molar-refractivity contribution in [3.63, 3.8) is 0 Å². The molecule has 0 radical (unpaired) electrons. The van der Waals surface area contributed by atoms with Crippen LogP contribution in [0, 0.1) is 6.92 Å². The van der Waals surface area contributed by atoms with Crippen molar-refractivity contribution in [3.05, 3.63) is 71.4 Å². The lowest BCUT2D eigenvalue weighted by atomic mass is 10.0. The summed E-state index contributed by atoms with van der Waals surface area (Å²) in [5.41, 5.74) is 3.59. The summed E-state index contributed by atoms with van der Waals surface area (Å²) in [7, 11) is 0. The summed E-state index contributed by atoms with van der Waals surface area (Å²) in [6.07, 6.45) is 3.08. The second-order valence-electron chi connectivity index (χ2n) is 6.67. The minimum Gasteiger partial charge on any atom is -0.344 e. The molecule has 0 saturated carbocycles. The van der Waals surface area contributed by atoms with E-state index < -0.39 is 0 Å². The standard InChI is InChI=1S/C23H25NO2/c1-3-19(25)13-9-10-16-24-17(2)22(20-14-7-8-15-21(20)24)23(26)18-11-5-4-6-12-18/h4-8,11-12,14-15H,3,9-10,13,16H2,1-2H3. The minimum absolute atomic E-state index is 0.0687. The van der Waals surface area contributed by atoms with Crippen LogP contribution >= 0.6 is 0 Å². The number of Topliss-reactive ketones (excluding diaryl/α,β-unsaturated/α-hetero) is 1. The lowest BCUT2D eigenvalue weighted by Crippen LogP contribution is -2.06. The number of benzene rings is 2. The number of carbonyl (C=O) groups is 2. The first-order chi connectivity index (χ1) is 12.6. The number of aryl methyl sites for hydroxylation is 1. The third kappa shape index (κ3) is 3.62. The topological polar surface area (TPSA) is 39.1 Å². The monoisotopic (exact) mass is 347 g/mol. The Morgan fingerprint density at radius 2 is 1.62 bits per heavy atom. The summed E-state index contributed by atoms with van der Waals surface area (Å²) in [4.78, 5) is 24.6. The van der Waals surface area contributed by atoms with Gasteiger partial charge in [0.1, 0.15) is 5.78 Å². The van der Waals surface area contributed by atoms with E-state index in [9.17, 15) is 9.59 Å². The molecule has 3 aromatic rings. The van der Waals surface area contributed by atoms with E-state index in [2.05, 4.69) is 10.6 Å². The molecule has 0 aliphatic carbocycles. The quantitative estimate of drug-likeness (QED) is 0.408. The van der Waals surface area contributed by atoms with Crippen molar-refractivity contribution in [2.75, 3.05) is 0 Å². The van der Waals surface area contributed by atoms with Gasteiger partial charge in [0.15, 0.2) is 5.78 Å². The summed E-state index contributed by atoms with van der Waals surface area (Å²) in [5.74, 6) is 0.387. The Hall–Kier alpha value is -2.68. The van der Waals surface area contributed by atoms with Gasteiger partial charge in [-0.15, -0.1) is 0 Å². The van der Waals surface area contributed by atoms with Gasteiger partial charge in [0.05, 0.1) is 5.56 Å². The molecule has 134 valence electrons. The van der Waals surface area contributed by atoms with Gasteiger partial charge in [0.2, 0.25) is 0 Å². The SMILES string of the molecule is CCC(=O)CCCCn1c(C)c(C(=O)c2ccccc2)c2ccccc21. The van der Waals surface area contributed by atoms with Crippen LogP contribution in [0.3, 0.4) is 0 Å². The Morgan fingerprint density at radius 3 is 2.35 bits per heavy atom. The Balaban J connectivity index is 1.92. The van der Waals surface area contributed by atoms with Gasteiger partial charge in [0.25, 0.3) is 0 Å². The number of para-hydroxylation sites is 1. The first-order valence-corrected chi connectivity index (χ1v) is 9.32. The molecule has 0 unspecified atom stereocenters. The van der Waals surface area contributed by atoms with Crippen molar-refractivity contribution < 1.29 is 9.59 Å². The second kappa shape index (κ2) is 8.13. The van der Waals surface area contributed by atoms with Crippen LogP contribution in [0.5, 0.6) is 0 Å². The molecule has 0 spiro atoms. The molecule has 3 rings (SSSR count). The van der Waals surface area contributed by atoms with E-state index in [4.69, 9.17) is 0 Å². The van der Waals surface area contributed by atoms with E-state index in [0.717, 1.165) is 41.5 Å². The number of hydrogen-bond acceptors (Lipinski definition) is 2. The highest BCUT2D eigenvalue weighted by molar-refractivity contribution is 6.17. The maximum absolute atomic E-state index is 13.1. The van der Waals surface area contributed by atoms with E-state index in [-0.39, 0.29) is 5.78 Å². The van der Waals surface area contributed by atoms with Crippen molar-refractivity contribution in [1.29, 1.82) is 0 Å². The van der Waals surface area contributed by atoms with Crippen LogP contribution in [-0.4, -0.2) is 16.1 Å². The molecule has 3 heteroatoms. The van der Waals surface area contributed by atoms with Crippen molar-refractivity contribution >= 4 is 22.5 Å². The molecule has 2 aromatic carbocycles. The molecule has 0 fully saturated rings. The van der Waals surface area contributed by atoms with Crippen molar-refractivity contribution in [2.24, 2.45) is 0 Å². The summed E-state index contributed by atoms with van der Waals surface area (Å²) in [5, 5.41) is 1.00. The van der Waals surface area contributed by atoms with Gasteiger partial charge in [-0.2, -0.15) is 0 Å². The number of carbonyl (C=O) groups excluding carboxylic acids is 2. The zero-order valence-corrected chi connectivity index (χ0v) is 15.5. The van der Waals surface area contributed by atoms with E-state index in [1.165, 1.54) is 0 Å². The molecule has 1 heterocycles. The molecule has 0 saturated heterocycles. The Bertz CT molecular complexity index is 922. The molecule has 0 aliphatic rings. The van der Waals surface area contributed by atoms with E-state index >= 15 is 0 Å². The van der Waals surface area contributed by atoms with Crippen molar-refractivity contribution in [1.82, 2.24) is 4.57 Å². The Kier molecular flexibility index (Phi) is 5.67. The van der Waals surface area contributed by atoms with E-state index in [1.807, 2.05) is 62.4 Å². The van der Waals surface area contributed by atoms with Gasteiger partial charge in [-0.25, -0.2) is 0 Å². The molecule has 0 atom stereocenters. The molecule has 0 amide bonds. The van der Waals surface area contributed by atoms with Gasteiger partial charge in [-0.1, -0.05) is 55.5 Å². The fourth-order valence-corrected chi connectivity index (χ4v) is 3.51. The fraction of sp³-hybridized carbons (Fsp3) is 0.304.